The van der Waals surface area contributed by atoms with Crippen molar-refractivity contribution in [3.8, 4) is 0 Å². The van der Waals surface area contributed by atoms with E-state index >= 15 is 0 Å². The Bertz CT molecular complexity index is 458. The maximum Gasteiger partial charge on any atom is 0.306 e. The van der Waals surface area contributed by atoms with Crippen LogP contribution >= 0.6 is 15.9 Å². The van der Waals surface area contributed by atoms with Gasteiger partial charge in [-0.05, 0) is 43.5 Å². The zero-order valence-corrected chi connectivity index (χ0v) is 11.3. The average Bonchev–Trinajstić information content (AvgIpc) is 2.81. The number of carboxylic acid groups (broad SMARTS) is 1. The number of carboxylic acids is 1. The minimum atomic E-state index is -0.797. The number of hydrogen-bond donors (Lipinski definition) is 2. The maximum absolute atomic E-state index is 12.0. The molecule has 1 aromatic rings. The molecule has 5 heteroatoms. The molecule has 1 aliphatic rings. The van der Waals surface area contributed by atoms with Crippen molar-refractivity contribution in [3.05, 3.63) is 28.7 Å². The summed E-state index contributed by atoms with van der Waals surface area (Å²) in [6, 6.07) is 7.33. The number of halogens is 1. The number of benzene rings is 1. The Hall–Kier alpha value is -1.36. The largest absolute Gasteiger partial charge is 0.481 e. The molecule has 4 nitrogen and oxygen atoms in total. The molecule has 2 atom stereocenters. The summed E-state index contributed by atoms with van der Waals surface area (Å²) < 4.78 is 0.951. The number of nitrogens with one attached hydrogen (secondary N) is 1. The highest BCUT2D eigenvalue weighted by Gasteiger charge is 2.33. The number of carbonyl (C=O) groups is 2. The molecular formula is C13H14BrNO3. The molecule has 0 aromatic heterocycles. The van der Waals surface area contributed by atoms with Gasteiger partial charge in [-0.1, -0.05) is 15.9 Å². The molecule has 96 valence electrons. The highest BCUT2D eigenvalue weighted by atomic mass is 79.9. The standard InChI is InChI=1S/C13H14BrNO3/c14-10-3-5-11(6-4-10)15-12(16)8-1-2-9(7-8)13(17)18/h3-6,8-9H,1-2,7H2,(H,15,16)(H,17,18)/t8-,9-/m1/s1. The Kier molecular flexibility index (Phi) is 4.01. The minimum Gasteiger partial charge on any atom is -0.481 e. The molecule has 0 aliphatic heterocycles. The van der Waals surface area contributed by atoms with Crippen molar-refractivity contribution in [3.63, 3.8) is 0 Å². The Labute approximate surface area is 114 Å². The van der Waals surface area contributed by atoms with E-state index in [1.807, 2.05) is 24.3 Å². The van der Waals surface area contributed by atoms with E-state index < -0.39 is 5.97 Å². The summed E-state index contributed by atoms with van der Waals surface area (Å²) in [4.78, 5) is 22.8. The first-order chi connectivity index (χ1) is 8.56. The third kappa shape index (κ3) is 3.10. The van der Waals surface area contributed by atoms with Gasteiger partial charge >= 0.3 is 5.97 Å². The van der Waals surface area contributed by atoms with E-state index in [2.05, 4.69) is 21.2 Å². The zero-order chi connectivity index (χ0) is 13.1. The lowest BCUT2D eigenvalue weighted by molar-refractivity contribution is -0.141. The fourth-order valence-corrected chi connectivity index (χ4v) is 2.49. The number of anilines is 1. The van der Waals surface area contributed by atoms with E-state index in [1.54, 1.807) is 0 Å². The van der Waals surface area contributed by atoms with Gasteiger partial charge in [0.05, 0.1) is 5.92 Å². The van der Waals surface area contributed by atoms with Gasteiger partial charge in [-0.25, -0.2) is 0 Å². The summed E-state index contributed by atoms with van der Waals surface area (Å²) in [6.45, 7) is 0. The molecule has 1 saturated carbocycles. The second-order valence-corrected chi connectivity index (χ2v) is 5.46. The normalized spacial score (nSPS) is 22.7. The van der Waals surface area contributed by atoms with Crippen LogP contribution in [0, 0.1) is 11.8 Å². The Morgan fingerprint density at radius 2 is 1.78 bits per heavy atom. The van der Waals surface area contributed by atoms with Crippen LogP contribution in [0.15, 0.2) is 28.7 Å². The van der Waals surface area contributed by atoms with Gasteiger partial charge in [0.25, 0.3) is 0 Å². The molecule has 1 aliphatic carbocycles. The van der Waals surface area contributed by atoms with Crippen LogP contribution in [0.3, 0.4) is 0 Å². The van der Waals surface area contributed by atoms with Crippen LogP contribution in [0.4, 0.5) is 5.69 Å². The van der Waals surface area contributed by atoms with Gasteiger partial charge in [-0.3, -0.25) is 9.59 Å². The Balaban J connectivity index is 1.93. The predicted molar refractivity (Wildman–Crippen MR) is 71.2 cm³/mol. The molecular weight excluding hydrogens is 298 g/mol. The van der Waals surface area contributed by atoms with Crippen LogP contribution in [0.5, 0.6) is 0 Å². The van der Waals surface area contributed by atoms with Crippen molar-refractivity contribution in [2.45, 2.75) is 19.3 Å². The number of aliphatic carboxylic acids is 1. The van der Waals surface area contributed by atoms with Gasteiger partial charge < -0.3 is 10.4 Å². The third-order valence-corrected chi connectivity index (χ3v) is 3.79. The lowest BCUT2D eigenvalue weighted by atomic mass is 10.0. The molecule has 0 bridgehead atoms. The lowest BCUT2D eigenvalue weighted by Gasteiger charge is -2.10. The zero-order valence-electron chi connectivity index (χ0n) is 9.73. The van der Waals surface area contributed by atoms with Gasteiger partial charge in [0.1, 0.15) is 0 Å². The van der Waals surface area contributed by atoms with Crippen molar-refractivity contribution in [1.29, 1.82) is 0 Å². The SMILES string of the molecule is O=C(O)[C@@H]1CC[C@@H](C(=O)Nc2ccc(Br)cc2)C1. The molecule has 1 aromatic carbocycles. The van der Waals surface area contributed by atoms with Crippen molar-refractivity contribution >= 4 is 33.5 Å². The number of carbonyl (C=O) groups excluding carboxylic acids is 1. The summed E-state index contributed by atoms with van der Waals surface area (Å²) in [6.07, 6.45) is 1.69. The molecule has 0 unspecified atom stereocenters. The van der Waals surface area contributed by atoms with Crippen LogP contribution in [0.1, 0.15) is 19.3 Å². The fourth-order valence-electron chi connectivity index (χ4n) is 2.22. The molecule has 0 heterocycles. The van der Waals surface area contributed by atoms with Crippen molar-refractivity contribution in [2.75, 3.05) is 5.32 Å². The van der Waals surface area contributed by atoms with E-state index in [0.717, 1.165) is 10.2 Å². The van der Waals surface area contributed by atoms with E-state index in [9.17, 15) is 9.59 Å². The van der Waals surface area contributed by atoms with Gasteiger partial charge in [-0.2, -0.15) is 0 Å². The van der Waals surface area contributed by atoms with E-state index in [1.165, 1.54) is 0 Å². The second-order valence-electron chi connectivity index (χ2n) is 4.54. The summed E-state index contributed by atoms with van der Waals surface area (Å²) >= 11 is 3.32. The summed E-state index contributed by atoms with van der Waals surface area (Å²) in [7, 11) is 0. The molecule has 2 rings (SSSR count). The summed E-state index contributed by atoms with van der Waals surface area (Å²) in [5.74, 6) is -1.43. The molecule has 0 radical (unpaired) electrons. The highest BCUT2D eigenvalue weighted by Crippen LogP contribution is 2.31. The molecule has 1 amide bonds. The lowest BCUT2D eigenvalue weighted by Crippen LogP contribution is -2.21. The number of hydrogen-bond acceptors (Lipinski definition) is 2. The fraction of sp³-hybridized carbons (Fsp3) is 0.385. The summed E-state index contributed by atoms with van der Waals surface area (Å²) in [5.41, 5.74) is 0.738. The second kappa shape index (κ2) is 5.52. The van der Waals surface area contributed by atoms with Crippen LogP contribution in [0.2, 0.25) is 0 Å². The smallest absolute Gasteiger partial charge is 0.306 e. The van der Waals surface area contributed by atoms with Crippen LogP contribution < -0.4 is 5.32 Å². The number of amides is 1. The average molecular weight is 312 g/mol. The first-order valence-corrected chi connectivity index (χ1v) is 6.65. The first kappa shape index (κ1) is 13.1. The summed E-state index contributed by atoms with van der Waals surface area (Å²) in [5, 5.41) is 11.7. The van der Waals surface area contributed by atoms with Crippen molar-refractivity contribution in [1.82, 2.24) is 0 Å². The Morgan fingerprint density at radius 1 is 1.17 bits per heavy atom. The van der Waals surface area contributed by atoms with Crippen LogP contribution in [-0.4, -0.2) is 17.0 Å². The predicted octanol–water partition coefficient (Wildman–Crippen LogP) is 2.89. The van der Waals surface area contributed by atoms with Crippen molar-refractivity contribution in [2.24, 2.45) is 11.8 Å². The van der Waals surface area contributed by atoms with Crippen LogP contribution in [0.25, 0.3) is 0 Å². The molecule has 0 spiro atoms. The molecule has 2 N–H and O–H groups in total. The monoisotopic (exact) mass is 311 g/mol. The Morgan fingerprint density at radius 3 is 2.33 bits per heavy atom. The van der Waals surface area contributed by atoms with Gasteiger partial charge in [0.2, 0.25) is 5.91 Å². The maximum atomic E-state index is 12.0. The third-order valence-electron chi connectivity index (χ3n) is 3.26. The van der Waals surface area contributed by atoms with E-state index in [4.69, 9.17) is 5.11 Å². The van der Waals surface area contributed by atoms with Gasteiger partial charge in [0.15, 0.2) is 0 Å². The molecule has 1 fully saturated rings. The van der Waals surface area contributed by atoms with E-state index in [0.29, 0.717) is 19.3 Å². The van der Waals surface area contributed by atoms with Crippen molar-refractivity contribution < 1.29 is 14.7 Å². The molecule has 0 saturated heterocycles. The first-order valence-electron chi connectivity index (χ1n) is 5.85. The highest BCUT2D eigenvalue weighted by molar-refractivity contribution is 9.10. The minimum absolute atomic E-state index is 0.0823. The number of rotatable bonds is 3. The topological polar surface area (TPSA) is 66.4 Å². The van der Waals surface area contributed by atoms with Crippen LogP contribution in [-0.2, 0) is 9.59 Å². The van der Waals surface area contributed by atoms with Gasteiger partial charge in [0, 0.05) is 16.1 Å². The van der Waals surface area contributed by atoms with Gasteiger partial charge in [-0.15, -0.1) is 0 Å². The van der Waals surface area contributed by atoms with E-state index in [-0.39, 0.29) is 17.7 Å². The molecule has 18 heavy (non-hydrogen) atoms. The quantitative estimate of drug-likeness (QED) is 0.902.